The second kappa shape index (κ2) is 9.40. The van der Waals surface area contributed by atoms with Gasteiger partial charge in [-0.1, -0.05) is 12.1 Å². The van der Waals surface area contributed by atoms with Gasteiger partial charge in [-0.15, -0.1) is 0 Å². The van der Waals surface area contributed by atoms with Crippen LogP contribution in [0, 0.1) is 5.82 Å². The smallest absolute Gasteiger partial charge is 0.255 e. The highest BCUT2D eigenvalue weighted by atomic mass is 19.1. The van der Waals surface area contributed by atoms with E-state index in [-0.39, 0.29) is 36.8 Å². The summed E-state index contributed by atoms with van der Waals surface area (Å²) >= 11 is 0. The van der Waals surface area contributed by atoms with Crippen LogP contribution in [0.15, 0.2) is 49.1 Å². The Balaban J connectivity index is 1.11. The largest absolute Gasteiger partial charge is 0.367 e. The van der Waals surface area contributed by atoms with E-state index in [0.717, 1.165) is 30.9 Å². The summed E-state index contributed by atoms with van der Waals surface area (Å²) in [6, 6.07) is 10.5. The third kappa shape index (κ3) is 4.46. The Labute approximate surface area is 212 Å². The van der Waals surface area contributed by atoms with Crippen molar-refractivity contribution in [1.82, 2.24) is 29.9 Å². The minimum atomic E-state index is -0.712. The van der Waals surface area contributed by atoms with Crippen LogP contribution >= 0.6 is 0 Å². The quantitative estimate of drug-likeness (QED) is 0.526. The first-order chi connectivity index (χ1) is 18.0. The summed E-state index contributed by atoms with van der Waals surface area (Å²) in [5.74, 6) is -1.61. The maximum Gasteiger partial charge on any atom is 0.255 e. The molecule has 1 unspecified atom stereocenters. The highest BCUT2D eigenvalue weighted by molar-refractivity contribution is 6.05. The van der Waals surface area contributed by atoms with Crippen molar-refractivity contribution in [2.24, 2.45) is 0 Å². The Morgan fingerprint density at radius 2 is 1.89 bits per heavy atom. The van der Waals surface area contributed by atoms with Gasteiger partial charge in [0.05, 0.1) is 11.4 Å². The number of benzene rings is 2. The standard InChI is InChI=1S/C26H26FN7O3/c27-21-12-20-18(14-33(26(20)37)22-4-5-24(35)30-25(22)36)11-23(21)32-8-6-31(7-9-32)13-17-2-1-3-19(10-17)34-16-28-15-29-34/h1-3,10-12,15-16,22H,4-9,13-14H2,(H,30,35,36). The minimum Gasteiger partial charge on any atom is -0.367 e. The maximum absolute atomic E-state index is 15.2. The van der Waals surface area contributed by atoms with Gasteiger partial charge >= 0.3 is 0 Å². The predicted molar refractivity (Wildman–Crippen MR) is 131 cm³/mol. The monoisotopic (exact) mass is 503 g/mol. The molecule has 3 aliphatic rings. The Morgan fingerprint density at radius 1 is 1.05 bits per heavy atom. The Bertz CT molecular complexity index is 1370. The van der Waals surface area contributed by atoms with Crippen LogP contribution < -0.4 is 10.2 Å². The molecule has 0 saturated carbocycles. The summed E-state index contributed by atoms with van der Waals surface area (Å²) in [5, 5.41) is 6.48. The van der Waals surface area contributed by atoms with Crippen molar-refractivity contribution in [3.05, 3.63) is 71.6 Å². The lowest BCUT2D eigenvalue weighted by Crippen LogP contribution is -2.52. The molecule has 190 valence electrons. The summed E-state index contributed by atoms with van der Waals surface area (Å²) in [6.07, 6.45) is 3.64. The number of amides is 3. The molecule has 4 heterocycles. The Hall–Kier alpha value is -4.12. The molecule has 11 heteroatoms. The van der Waals surface area contributed by atoms with Gasteiger partial charge in [0.25, 0.3) is 5.91 Å². The van der Waals surface area contributed by atoms with Gasteiger partial charge in [-0.2, -0.15) is 5.10 Å². The second-order valence-electron chi connectivity index (χ2n) is 9.63. The van der Waals surface area contributed by atoms with E-state index in [1.54, 1.807) is 17.1 Å². The molecule has 2 fully saturated rings. The first-order valence-corrected chi connectivity index (χ1v) is 12.3. The van der Waals surface area contributed by atoms with Gasteiger partial charge in [0.1, 0.15) is 24.5 Å². The van der Waals surface area contributed by atoms with E-state index < -0.39 is 17.8 Å². The number of imide groups is 1. The van der Waals surface area contributed by atoms with E-state index in [1.165, 1.54) is 17.3 Å². The molecule has 0 spiro atoms. The molecular formula is C26H26FN7O3. The summed E-state index contributed by atoms with van der Waals surface area (Å²) in [5.41, 5.74) is 3.59. The van der Waals surface area contributed by atoms with Crippen molar-refractivity contribution in [3.8, 4) is 5.69 Å². The normalized spacial score (nSPS) is 20.4. The van der Waals surface area contributed by atoms with Gasteiger partial charge in [-0.05, 0) is 41.8 Å². The third-order valence-corrected chi connectivity index (χ3v) is 7.30. The van der Waals surface area contributed by atoms with Crippen LogP contribution in [0.5, 0.6) is 0 Å². The third-order valence-electron chi connectivity index (χ3n) is 7.30. The fourth-order valence-electron chi connectivity index (χ4n) is 5.36. The zero-order valence-corrected chi connectivity index (χ0v) is 20.1. The lowest BCUT2D eigenvalue weighted by Gasteiger charge is -2.36. The zero-order chi connectivity index (χ0) is 25.5. The summed E-state index contributed by atoms with van der Waals surface area (Å²) in [7, 11) is 0. The first kappa shape index (κ1) is 23.3. The minimum absolute atomic E-state index is 0.186. The first-order valence-electron chi connectivity index (χ1n) is 12.3. The van der Waals surface area contributed by atoms with Crippen LogP contribution in [0.1, 0.15) is 34.3 Å². The molecular weight excluding hydrogens is 477 g/mol. The molecule has 0 radical (unpaired) electrons. The van der Waals surface area contributed by atoms with Gasteiger partial charge in [0.2, 0.25) is 11.8 Å². The van der Waals surface area contributed by atoms with Gasteiger partial charge in [0.15, 0.2) is 0 Å². The topological polar surface area (TPSA) is 104 Å². The molecule has 2 aromatic carbocycles. The molecule has 3 amide bonds. The fraction of sp³-hybridized carbons (Fsp3) is 0.346. The van der Waals surface area contributed by atoms with Crippen LogP contribution in [-0.4, -0.2) is 74.5 Å². The number of piperazine rings is 1. The molecule has 37 heavy (non-hydrogen) atoms. The molecule has 3 aromatic rings. The van der Waals surface area contributed by atoms with Crippen molar-refractivity contribution in [1.29, 1.82) is 0 Å². The summed E-state index contributed by atoms with van der Waals surface area (Å²) in [4.78, 5) is 46.5. The van der Waals surface area contributed by atoms with E-state index in [9.17, 15) is 14.4 Å². The number of hydrogen-bond donors (Lipinski definition) is 1. The molecule has 10 nitrogen and oxygen atoms in total. The average molecular weight is 504 g/mol. The molecule has 1 N–H and O–H groups in total. The maximum atomic E-state index is 15.2. The lowest BCUT2D eigenvalue weighted by molar-refractivity contribution is -0.136. The van der Waals surface area contributed by atoms with Crippen LogP contribution in [-0.2, 0) is 22.7 Å². The van der Waals surface area contributed by atoms with E-state index in [2.05, 4.69) is 32.4 Å². The molecule has 0 aliphatic carbocycles. The average Bonchev–Trinajstić information content (AvgIpc) is 3.54. The number of nitrogens with zero attached hydrogens (tertiary/aromatic N) is 6. The number of fused-ring (bicyclic) bond motifs is 1. The van der Waals surface area contributed by atoms with E-state index in [4.69, 9.17) is 0 Å². The molecule has 3 aliphatic heterocycles. The van der Waals surface area contributed by atoms with Gasteiger partial charge < -0.3 is 9.80 Å². The van der Waals surface area contributed by atoms with Crippen molar-refractivity contribution in [3.63, 3.8) is 0 Å². The van der Waals surface area contributed by atoms with Crippen LogP contribution in [0.2, 0.25) is 0 Å². The number of halogens is 1. The number of carbonyl (C=O) groups excluding carboxylic acids is 3. The van der Waals surface area contributed by atoms with Crippen LogP contribution in [0.4, 0.5) is 10.1 Å². The van der Waals surface area contributed by atoms with E-state index in [1.807, 2.05) is 17.0 Å². The molecule has 1 atom stereocenters. The Morgan fingerprint density at radius 3 is 2.65 bits per heavy atom. The van der Waals surface area contributed by atoms with Crippen molar-refractivity contribution >= 4 is 23.4 Å². The fourth-order valence-corrected chi connectivity index (χ4v) is 5.36. The van der Waals surface area contributed by atoms with E-state index >= 15 is 4.39 Å². The molecule has 1 aromatic heterocycles. The number of rotatable bonds is 5. The number of carbonyl (C=O) groups is 3. The molecule has 0 bridgehead atoms. The van der Waals surface area contributed by atoms with Gasteiger partial charge in [-0.3, -0.25) is 24.6 Å². The SMILES string of the molecule is O=C1CCC(N2Cc3cc(N4CCN(Cc5cccc(-n6cncn6)c5)CC4)c(F)cc3C2=O)C(=O)N1. The summed E-state index contributed by atoms with van der Waals surface area (Å²) in [6.45, 7) is 3.86. The number of nitrogens with one attached hydrogen (secondary N) is 1. The molecule has 2 saturated heterocycles. The van der Waals surface area contributed by atoms with Crippen molar-refractivity contribution in [2.45, 2.75) is 32.0 Å². The van der Waals surface area contributed by atoms with Crippen molar-refractivity contribution < 1.29 is 18.8 Å². The van der Waals surface area contributed by atoms with Gasteiger partial charge in [0, 0.05) is 51.3 Å². The zero-order valence-electron chi connectivity index (χ0n) is 20.1. The number of anilines is 1. The lowest BCUT2D eigenvalue weighted by atomic mass is 10.0. The number of piperidine rings is 1. The number of aromatic nitrogens is 3. The second-order valence-corrected chi connectivity index (χ2v) is 9.63. The van der Waals surface area contributed by atoms with Crippen LogP contribution in [0.3, 0.4) is 0 Å². The molecule has 6 rings (SSSR count). The van der Waals surface area contributed by atoms with Crippen molar-refractivity contribution in [2.75, 3.05) is 31.1 Å². The highest BCUT2D eigenvalue weighted by Crippen LogP contribution is 2.33. The van der Waals surface area contributed by atoms with Gasteiger partial charge in [-0.25, -0.2) is 14.1 Å². The van der Waals surface area contributed by atoms with Crippen LogP contribution in [0.25, 0.3) is 5.69 Å². The Kier molecular flexibility index (Phi) is 5.91. The van der Waals surface area contributed by atoms with E-state index in [0.29, 0.717) is 24.3 Å². The number of hydrogen-bond acceptors (Lipinski definition) is 7. The predicted octanol–water partition coefficient (Wildman–Crippen LogP) is 1.49. The summed E-state index contributed by atoms with van der Waals surface area (Å²) < 4.78 is 16.9. The highest BCUT2D eigenvalue weighted by Gasteiger charge is 2.40.